The number of amides is 1. The summed E-state index contributed by atoms with van der Waals surface area (Å²) < 4.78 is 2.38. The highest BCUT2D eigenvalue weighted by molar-refractivity contribution is 5.81. The van der Waals surface area contributed by atoms with Gasteiger partial charge in [0, 0.05) is 32.0 Å². The molecule has 0 spiro atoms. The Morgan fingerprint density at radius 2 is 1.76 bits per heavy atom. The molecule has 1 fully saturated rings. The van der Waals surface area contributed by atoms with Crippen LogP contribution in [0.5, 0.6) is 0 Å². The maximum atomic E-state index is 12.7. The molecule has 1 aliphatic rings. The Morgan fingerprint density at radius 1 is 0.966 bits per heavy atom. The van der Waals surface area contributed by atoms with Crippen LogP contribution in [0.1, 0.15) is 56.3 Å². The number of aryl methyl sites for hydroxylation is 1. The monoisotopic (exact) mass is 389 g/mol. The van der Waals surface area contributed by atoms with Crippen molar-refractivity contribution >= 4 is 16.9 Å². The minimum absolute atomic E-state index is 0.192. The number of nitrogens with zero attached hydrogens (tertiary/aromatic N) is 3. The molecule has 152 valence electrons. The first-order chi connectivity index (χ1) is 14.3. The van der Waals surface area contributed by atoms with Gasteiger partial charge in [-0.15, -0.1) is 0 Å². The van der Waals surface area contributed by atoms with Gasteiger partial charge in [0.2, 0.25) is 5.91 Å². The van der Waals surface area contributed by atoms with Crippen LogP contribution < -0.4 is 0 Å². The third kappa shape index (κ3) is 4.52. The van der Waals surface area contributed by atoms with Crippen molar-refractivity contribution in [2.75, 3.05) is 13.1 Å². The number of imidazole rings is 1. The molecule has 4 rings (SSSR count). The van der Waals surface area contributed by atoms with E-state index in [-0.39, 0.29) is 11.8 Å². The third-order valence-corrected chi connectivity index (χ3v) is 6.01. The zero-order valence-electron chi connectivity index (χ0n) is 17.4. The molecule has 0 saturated carbocycles. The zero-order chi connectivity index (χ0) is 20.1. The molecule has 1 aromatic heterocycles. The summed E-state index contributed by atoms with van der Waals surface area (Å²) in [7, 11) is 0. The van der Waals surface area contributed by atoms with Crippen LogP contribution in [0.15, 0.2) is 54.6 Å². The van der Waals surface area contributed by atoms with E-state index in [1.165, 1.54) is 36.8 Å². The van der Waals surface area contributed by atoms with E-state index in [1.54, 1.807) is 0 Å². The average Bonchev–Trinajstić information content (AvgIpc) is 3.31. The molecule has 29 heavy (non-hydrogen) atoms. The SMILES string of the molecule is CCCCCCn1c(C2CC(=O)N(CCc3ccccc3)C2)nc2ccccc21. The lowest BCUT2D eigenvalue weighted by Crippen LogP contribution is -2.27. The van der Waals surface area contributed by atoms with Crippen molar-refractivity contribution in [3.63, 3.8) is 0 Å². The second-order valence-corrected chi connectivity index (χ2v) is 8.15. The average molecular weight is 390 g/mol. The minimum atomic E-state index is 0.192. The van der Waals surface area contributed by atoms with Crippen LogP contribution in [0.4, 0.5) is 0 Å². The van der Waals surface area contributed by atoms with Gasteiger partial charge in [-0.25, -0.2) is 4.98 Å². The summed E-state index contributed by atoms with van der Waals surface area (Å²) in [6.45, 7) is 4.80. The van der Waals surface area contributed by atoms with Crippen molar-refractivity contribution in [2.24, 2.45) is 0 Å². The first kappa shape index (κ1) is 19.7. The molecule has 1 saturated heterocycles. The topological polar surface area (TPSA) is 38.1 Å². The van der Waals surface area contributed by atoms with Gasteiger partial charge in [0.05, 0.1) is 11.0 Å². The van der Waals surface area contributed by atoms with Gasteiger partial charge in [-0.3, -0.25) is 4.79 Å². The molecule has 1 unspecified atom stereocenters. The normalized spacial score (nSPS) is 16.8. The summed E-state index contributed by atoms with van der Waals surface area (Å²) in [4.78, 5) is 19.7. The molecule has 0 N–H and O–H groups in total. The molecule has 1 atom stereocenters. The summed E-state index contributed by atoms with van der Waals surface area (Å²) in [5, 5.41) is 0. The van der Waals surface area contributed by atoms with Gasteiger partial charge < -0.3 is 9.47 Å². The van der Waals surface area contributed by atoms with Gasteiger partial charge in [-0.1, -0.05) is 68.7 Å². The summed E-state index contributed by atoms with van der Waals surface area (Å²) in [5.41, 5.74) is 3.54. The molecule has 0 aliphatic carbocycles. The summed E-state index contributed by atoms with van der Waals surface area (Å²) in [5.74, 6) is 1.55. The molecular weight excluding hydrogens is 358 g/mol. The fourth-order valence-corrected chi connectivity index (χ4v) is 4.41. The van der Waals surface area contributed by atoms with E-state index in [1.807, 2.05) is 17.0 Å². The first-order valence-electron chi connectivity index (χ1n) is 11.0. The Hall–Kier alpha value is -2.62. The number of unbranched alkanes of at least 4 members (excludes halogenated alkanes) is 3. The molecular formula is C25H31N3O. The predicted molar refractivity (Wildman–Crippen MR) is 118 cm³/mol. The fraction of sp³-hybridized carbons (Fsp3) is 0.440. The highest BCUT2D eigenvalue weighted by Gasteiger charge is 2.33. The molecule has 2 heterocycles. The molecule has 1 aliphatic heterocycles. The van der Waals surface area contributed by atoms with Gasteiger partial charge in [0.15, 0.2) is 0 Å². The maximum Gasteiger partial charge on any atom is 0.223 e. The second kappa shape index (κ2) is 9.25. The number of carbonyl (C=O) groups excluding carboxylic acids is 1. The largest absolute Gasteiger partial charge is 0.342 e. The molecule has 4 nitrogen and oxygen atoms in total. The van der Waals surface area contributed by atoms with Gasteiger partial charge >= 0.3 is 0 Å². The first-order valence-corrected chi connectivity index (χ1v) is 11.0. The third-order valence-electron chi connectivity index (χ3n) is 6.01. The predicted octanol–water partition coefficient (Wildman–Crippen LogP) is 5.18. The molecule has 0 bridgehead atoms. The Balaban J connectivity index is 1.49. The lowest BCUT2D eigenvalue weighted by molar-refractivity contribution is -0.127. The standard InChI is InChI=1S/C25H31N3O/c1-2-3-4-10-16-28-23-14-9-8-13-22(23)26-25(28)21-18-24(29)27(19-21)17-15-20-11-6-5-7-12-20/h5-9,11-14,21H,2-4,10,15-19H2,1H3. The molecule has 4 heteroatoms. The van der Waals surface area contributed by atoms with Crippen molar-refractivity contribution in [3.8, 4) is 0 Å². The number of para-hydroxylation sites is 2. The highest BCUT2D eigenvalue weighted by atomic mass is 16.2. The zero-order valence-corrected chi connectivity index (χ0v) is 17.4. The van der Waals surface area contributed by atoms with Crippen molar-refractivity contribution < 1.29 is 4.79 Å². The molecule has 0 radical (unpaired) electrons. The maximum absolute atomic E-state index is 12.7. The number of aromatic nitrogens is 2. The second-order valence-electron chi connectivity index (χ2n) is 8.15. The van der Waals surface area contributed by atoms with Crippen molar-refractivity contribution in [2.45, 2.75) is 57.9 Å². The summed E-state index contributed by atoms with van der Waals surface area (Å²) >= 11 is 0. The number of carbonyl (C=O) groups is 1. The van der Waals surface area contributed by atoms with Crippen LogP contribution in [-0.2, 0) is 17.8 Å². The van der Waals surface area contributed by atoms with E-state index in [0.717, 1.165) is 37.4 Å². The van der Waals surface area contributed by atoms with Crippen LogP contribution >= 0.6 is 0 Å². The van der Waals surface area contributed by atoms with E-state index in [0.29, 0.717) is 6.42 Å². The van der Waals surface area contributed by atoms with Gasteiger partial charge in [-0.05, 0) is 30.5 Å². The van der Waals surface area contributed by atoms with Crippen molar-refractivity contribution in [1.29, 1.82) is 0 Å². The van der Waals surface area contributed by atoms with Crippen LogP contribution in [0.2, 0.25) is 0 Å². The Labute approximate surface area is 173 Å². The van der Waals surface area contributed by atoms with Gasteiger partial charge in [-0.2, -0.15) is 0 Å². The number of rotatable bonds is 9. The number of hydrogen-bond donors (Lipinski definition) is 0. The Morgan fingerprint density at radius 3 is 2.59 bits per heavy atom. The number of benzene rings is 2. The summed E-state index contributed by atoms with van der Waals surface area (Å²) in [6, 6.07) is 18.8. The number of likely N-dealkylation sites (tertiary alicyclic amines) is 1. The number of fused-ring (bicyclic) bond motifs is 1. The van der Waals surface area contributed by atoms with E-state index < -0.39 is 0 Å². The van der Waals surface area contributed by atoms with E-state index in [9.17, 15) is 4.79 Å². The fourth-order valence-electron chi connectivity index (χ4n) is 4.41. The van der Waals surface area contributed by atoms with Crippen molar-refractivity contribution in [3.05, 3.63) is 66.0 Å². The molecule has 1 amide bonds. The summed E-state index contributed by atoms with van der Waals surface area (Å²) in [6.07, 6.45) is 6.41. The van der Waals surface area contributed by atoms with Crippen LogP contribution in [-0.4, -0.2) is 33.4 Å². The van der Waals surface area contributed by atoms with Crippen molar-refractivity contribution in [1.82, 2.24) is 14.5 Å². The quantitative estimate of drug-likeness (QED) is 0.473. The van der Waals surface area contributed by atoms with Gasteiger partial charge in [0.1, 0.15) is 5.82 Å². The smallest absolute Gasteiger partial charge is 0.223 e. The van der Waals surface area contributed by atoms with Crippen LogP contribution in [0.25, 0.3) is 11.0 Å². The number of hydrogen-bond acceptors (Lipinski definition) is 2. The van der Waals surface area contributed by atoms with Crippen LogP contribution in [0.3, 0.4) is 0 Å². The highest BCUT2D eigenvalue weighted by Crippen LogP contribution is 2.31. The molecule has 3 aromatic rings. The minimum Gasteiger partial charge on any atom is -0.342 e. The Kier molecular flexibility index (Phi) is 6.28. The van der Waals surface area contributed by atoms with Gasteiger partial charge in [0.25, 0.3) is 0 Å². The lowest BCUT2D eigenvalue weighted by Gasteiger charge is -2.17. The lowest BCUT2D eigenvalue weighted by atomic mass is 10.1. The van der Waals surface area contributed by atoms with E-state index in [4.69, 9.17) is 4.98 Å². The molecule has 2 aromatic carbocycles. The Bertz CT molecular complexity index is 947. The van der Waals surface area contributed by atoms with Crippen LogP contribution in [0, 0.1) is 0 Å². The van der Waals surface area contributed by atoms with E-state index in [2.05, 4.69) is 54.0 Å². The van der Waals surface area contributed by atoms with E-state index >= 15 is 0 Å².